The largest absolute Gasteiger partial charge is 0.506 e. The molecule has 1 aliphatic heterocycles. The molecule has 33 heavy (non-hydrogen) atoms. The maximum absolute atomic E-state index is 13.3. The highest BCUT2D eigenvalue weighted by Crippen LogP contribution is 2.44. The fourth-order valence-corrected chi connectivity index (χ4v) is 4.23. The van der Waals surface area contributed by atoms with Crippen molar-refractivity contribution < 1.29 is 24.2 Å². The van der Waals surface area contributed by atoms with Gasteiger partial charge in [0.15, 0.2) is 0 Å². The Hall–Kier alpha value is -4.13. The van der Waals surface area contributed by atoms with Crippen LogP contribution in [0.1, 0.15) is 28.4 Å². The van der Waals surface area contributed by atoms with Crippen LogP contribution in [0.4, 0.5) is 5.69 Å². The van der Waals surface area contributed by atoms with Gasteiger partial charge >= 0.3 is 0 Å². The van der Waals surface area contributed by atoms with Crippen LogP contribution in [-0.2, 0) is 9.59 Å². The Labute approximate surface area is 191 Å². The molecule has 1 aromatic heterocycles. The zero-order chi connectivity index (χ0) is 23.7. The molecular weight excluding hydrogens is 420 g/mol. The van der Waals surface area contributed by atoms with E-state index in [1.54, 1.807) is 42.6 Å². The zero-order valence-corrected chi connectivity index (χ0v) is 18.8. The number of aliphatic hydroxyl groups excluding tert-OH is 1. The molecule has 0 bridgehead atoms. The van der Waals surface area contributed by atoms with E-state index in [9.17, 15) is 14.7 Å². The predicted octanol–water partition coefficient (Wildman–Crippen LogP) is 4.34. The Bertz CT molecular complexity index is 1220. The molecule has 1 atom stereocenters. The first-order valence-electron chi connectivity index (χ1n) is 10.4. The van der Waals surface area contributed by atoms with Crippen molar-refractivity contribution >= 4 is 23.1 Å². The third kappa shape index (κ3) is 3.82. The SMILES string of the molecule is COc1cccc(OC)c1/C(O)=C1\C(=O)C(=O)N(c2cc(C)cc(C)c2)C1c1ccccn1. The minimum Gasteiger partial charge on any atom is -0.506 e. The molecule has 1 fully saturated rings. The molecule has 4 rings (SSSR count). The number of methoxy groups -OCH3 is 2. The lowest BCUT2D eigenvalue weighted by Crippen LogP contribution is -2.30. The summed E-state index contributed by atoms with van der Waals surface area (Å²) in [5.74, 6) is -1.32. The molecular formula is C26H24N2O5. The Balaban J connectivity index is 2.02. The topological polar surface area (TPSA) is 89.0 Å². The molecule has 1 saturated heterocycles. The maximum Gasteiger partial charge on any atom is 0.300 e. The van der Waals surface area contributed by atoms with Crippen molar-refractivity contribution in [3.8, 4) is 11.5 Å². The number of carbonyl (C=O) groups is 2. The number of aromatic nitrogens is 1. The minimum absolute atomic E-state index is 0.0827. The number of benzene rings is 2. The number of amides is 1. The molecule has 2 heterocycles. The van der Waals surface area contributed by atoms with Gasteiger partial charge in [0.1, 0.15) is 28.9 Å². The number of pyridine rings is 1. The average molecular weight is 444 g/mol. The summed E-state index contributed by atoms with van der Waals surface area (Å²) < 4.78 is 10.8. The Morgan fingerprint density at radius 1 is 0.939 bits per heavy atom. The number of ketones is 1. The van der Waals surface area contributed by atoms with E-state index < -0.39 is 17.7 Å². The van der Waals surface area contributed by atoms with Crippen molar-refractivity contribution in [2.24, 2.45) is 0 Å². The smallest absolute Gasteiger partial charge is 0.300 e. The average Bonchev–Trinajstić information content (AvgIpc) is 3.08. The summed E-state index contributed by atoms with van der Waals surface area (Å²) in [6.07, 6.45) is 1.58. The minimum atomic E-state index is -0.929. The van der Waals surface area contributed by atoms with E-state index >= 15 is 0 Å². The van der Waals surface area contributed by atoms with Gasteiger partial charge in [-0.15, -0.1) is 0 Å². The maximum atomic E-state index is 13.3. The van der Waals surface area contributed by atoms with E-state index in [1.165, 1.54) is 19.1 Å². The summed E-state index contributed by atoms with van der Waals surface area (Å²) in [6.45, 7) is 3.84. The van der Waals surface area contributed by atoms with Crippen LogP contribution in [0.3, 0.4) is 0 Å². The molecule has 0 saturated carbocycles. The van der Waals surface area contributed by atoms with Crippen molar-refractivity contribution in [3.05, 3.63) is 88.8 Å². The number of Topliss-reactive ketones (excluding diaryl/α,β-unsaturated/α-hetero) is 1. The van der Waals surface area contributed by atoms with E-state index in [1.807, 2.05) is 32.0 Å². The quantitative estimate of drug-likeness (QED) is 0.358. The first-order valence-corrected chi connectivity index (χ1v) is 10.4. The van der Waals surface area contributed by atoms with Crippen LogP contribution < -0.4 is 14.4 Å². The van der Waals surface area contributed by atoms with Crippen LogP contribution in [-0.4, -0.2) is 36.0 Å². The molecule has 0 spiro atoms. The van der Waals surface area contributed by atoms with Gasteiger partial charge in [0, 0.05) is 11.9 Å². The number of ether oxygens (including phenoxy) is 2. The van der Waals surface area contributed by atoms with Gasteiger partial charge in [-0.25, -0.2) is 0 Å². The summed E-state index contributed by atoms with van der Waals surface area (Å²) in [5, 5.41) is 11.4. The summed E-state index contributed by atoms with van der Waals surface area (Å²) in [5.41, 5.74) is 3.00. The van der Waals surface area contributed by atoms with Gasteiger partial charge < -0.3 is 14.6 Å². The Kier molecular flexibility index (Phi) is 5.87. The fraction of sp³-hybridized carbons (Fsp3) is 0.192. The highest BCUT2D eigenvalue weighted by molar-refractivity contribution is 6.51. The first-order chi connectivity index (χ1) is 15.9. The molecule has 0 aliphatic carbocycles. The molecule has 168 valence electrons. The molecule has 1 aliphatic rings. The molecule has 1 amide bonds. The summed E-state index contributed by atoms with van der Waals surface area (Å²) in [4.78, 5) is 32.4. The van der Waals surface area contributed by atoms with Crippen molar-refractivity contribution in [1.29, 1.82) is 0 Å². The standard InChI is InChI=1S/C26H24N2O5/c1-15-12-16(2)14-17(13-15)28-23(18-8-5-6-11-27-18)22(25(30)26(28)31)24(29)21-19(32-3)9-7-10-20(21)33-4/h5-14,23,29H,1-4H3/b24-22+. The van der Waals surface area contributed by atoms with Crippen LogP contribution in [0.25, 0.3) is 5.76 Å². The number of hydrogen-bond donors (Lipinski definition) is 1. The third-order valence-electron chi connectivity index (χ3n) is 5.56. The highest BCUT2D eigenvalue weighted by Gasteiger charge is 2.48. The van der Waals surface area contributed by atoms with Gasteiger partial charge in [0.25, 0.3) is 11.7 Å². The van der Waals surface area contributed by atoms with Gasteiger partial charge in [-0.1, -0.05) is 18.2 Å². The van der Waals surface area contributed by atoms with E-state index in [-0.39, 0.29) is 16.9 Å². The monoisotopic (exact) mass is 444 g/mol. The van der Waals surface area contributed by atoms with Gasteiger partial charge in [-0.2, -0.15) is 0 Å². The van der Waals surface area contributed by atoms with Crippen molar-refractivity contribution in [2.75, 3.05) is 19.1 Å². The second-order valence-electron chi connectivity index (χ2n) is 7.81. The van der Waals surface area contributed by atoms with Gasteiger partial charge in [0.2, 0.25) is 0 Å². The summed E-state index contributed by atoms with van der Waals surface area (Å²) in [7, 11) is 2.91. The Morgan fingerprint density at radius 2 is 1.58 bits per heavy atom. The fourth-order valence-electron chi connectivity index (χ4n) is 4.23. The molecule has 1 unspecified atom stereocenters. The third-order valence-corrected chi connectivity index (χ3v) is 5.56. The van der Waals surface area contributed by atoms with E-state index in [0.29, 0.717) is 22.9 Å². The normalized spacial score (nSPS) is 17.3. The second-order valence-corrected chi connectivity index (χ2v) is 7.81. The van der Waals surface area contributed by atoms with Gasteiger partial charge in [-0.05, 0) is 61.4 Å². The number of hydrogen-bond acceptors (Lipinski definition) is 6. The molecule has 1 N–H and O–H groups in total. The van der Waals surface area contributed by atoms with Crippen molar-refractivity contribution in [1.82, 2.24) is 4.98 Å². The number of nitrogens with zero attached hydrogens (tertiary/aromatic N) is 2. The second kappa shape index (κ2) is 8.78. The van der Waals surface area contributed by atoms with Crippen LogP contribution in [0.15, 0.2) is 66.4 Å². The first kappa shape index (κ1) is 22.1. The molecule has 7 nitrogen and oxygen atoms in total. The van der Waals surface area contributed by atoms with Crippen molar-refractivity contribution in [3.63, 3.8) is 0 Å². The molecule has 7 heteroatoms. The lowest BCUT2D eigenvalue weighted by molar-refractivity contribution is -0.132. The number of aryl methyl sites for hydroxylation is 2. The summed E-state index contributed by atoms with van der Waals surface area (Å²) >= 11 is 0. The van der Waals surface area contributed by atoms with E-state index in [2.05, 4.69) is 4.98 Å². The van der Waals surface area contributed by atoms with Crippen molar-refractivity contribution in [2.45, 2.75) is 19.9 Å². The highest BCUT2D eigenvalue weighted by atomic mass is 16.5. The predicted molar refractivity (Wildman–Crippen MR) is 124 cm³/mol. The van der Waals surface area contributed by atoms with Crippen LogP contribution >= 0.6 is 0 Å². The summed E-state index contributed by atoms with van der Waals surface area (Å²) in [6, 6.07) is 15.0. The number of rotatable bonds is 5. The number of anilines is 1. The number of aliphatic hydroxyl groups is 1. The molecule has 2 aromatic carbocycles. The molecule has 3 aromatic rings. The lowest BCUT2D eigenvalue weighted by atomic mass is 9.97. The van der Waals surface area contributed by atoms with Gasteiger partial charge in [-0.3, -0.25) is 19.5 Å². The number of carbonyl (C=O) groups excluding carboxylic acids is 2. The Morgan fingerprint density at radius 3 is 2.12 bits per heavy atom. The lowest BCUT2D eigenvalue weighted by Gasteiger charge is -2.25. The zero-order valence-electron chi connectivity index (χ0n) is 18.8. The molecule has 0 radical (unpaired) electrons. The van der Waals surface area contributed by atoms with E-state index in [4.69, 9.17) is 9.47 Å². The van der Waals surface area contributed by atoms with Crippen LogP contribution in [0.2, 0.25) is 0 Å². The van der Waals surface area contributed by atoms with Crippen LogP contribution in [0, 0.1) is 13.8 Å². The van der Waals surface area contributed by atoms with Crippen LogP contribution in [0.5, 0.6) is 11.5 Å². The van der Waals surface area contributed by atoms with Gasteiger partial charge in [0.05, 0.1) is 25.5 Å². The van der Waals surface area contributed by atoms with E-state index in [0.717, 1.165) is 11.1 Å².